The standard InChI is InChI=1S/C10H13N/c1-8(2)9-6-4-5-7-10(9)11-3/h4-7,11H,1H2,2-3H3. The molecule has 1 N–H and O–H groups in total. The van der Waals surface area contributed by atoms with Crippen molar-refractivity contribution in [2.75, 3.05) is 12.4 Å². The van der Waals surface area contributed by atoms with Crippen LogP contribution in [-0.4, -0.2) is 7.05 Å². The summed E-state index contributed by atoms with van der Waals surface area (Å²) in [6.45, 7) is 5.90. The molecule has 0 bridgehead atoms. The van der Waals surface area contributed by atoms with Crippen LogP contribution >= 0.6 is 0 Å². The molecule has 0 unspecified atom stereocenters. The van der Waals surface area contributed by atoms with Crippen LogP contribution in [0.2, 0.25) is 0 Å². The summed E-state index contributed by atoms with van der Waals surface area (Å²) >= 11 is 0. The molecule has 1 rings (SSSR count). The molecule has 0 radical (unpaired) electrons. The minimum atomic E-state index is 1.09. The molecule has 0 saturated carbocycles. The van der Waals surface area contributed by atoms with Gasteiger partial charge in [-0.2, -0.15) is 0 Å². The van der Waals surface area contributed by atoms with Crippen LogP contribution in [0.3, 0.4) is 0 Å². The minimum Gasteiger partial charge on any atom is -0.388 e. The maximum atomic E-state index is 3.89. The molecule has 0 atom stereocenters. The quantitative estimate of drug-likeness (QED) is 0.678. The third-order valence-corrected chi connectivity index (χ3v) is 1.66. The van der Waals surface area contributed by atoms with Crippen LogP contribution in [-0.2, 0) is 0 Å². The first-order valence-corrected chi connectivity index (χ1v) is 3.68. The van der Waals surface area contributed by atoms with Gasteiger partial charge in [0.25, 0.3) is 0 Å². The van der Waals surface area contributed by atoms with Crippen molar-refractivity contribution in [1.82, 2.24) is 0 Å². The van der Waals surface area contributed by atoms with E-state index >= 15 is 0 Å². The van der Waals surface area contributed by atoms with E-state index in [0.717, 1.165) is 11.3 Å². The summed E-state index contributed by atoms with van der Waals surface area (Å²) in [5.41, 5.74) is 3.42. The van der Waals surface area contributed by atoms with Crippen LogP contribution in [0.5, 0.6) is 0 Å². The molecule has 0 heterocycles. The van der Waals surface area contributed by atoms with E-state index in [1.165, 1.54) is 5.56 Å². The molecule has 0 aromatic heterocycles. The molecule has 0 aliphatic carbocycles. The first-order chi connectivity index (χ1) is 5.25. The van der Waals surface area contributed by atoms with Crippen molar-refractivity contribution < 1.29 is 0 Å². The van der Waals surface area contributed by atoms with Gasteiger partial charge < -0.3 is 5.32 Å². The summed E-state index contributed by atoms with van der Waals surface area (Å²) in [5, 5.41) is 3.12. The van der Waals surface area contributed by atoms with E-state index in [2.05, 4.69) is 18.0 Å². The lowest BCUT2D eigenvalue weighted by Crippen LogP contribution is -1.91. The molecule has 0 spiro atoms. The number of benzene rings is 1. The van der Waals surface area contributed by atoms with E-state index in [-0.39, 0.29) is 0 Å². The lowest BCUT2D eigenvalue weighted by Gasteiger charge is -2.06. The summed E-state index contributed by atoms with van der Waals surface area (Å²) in [4.78, 5) is 0. The van der Waals surface area contributed by atoms with Gasteiger partial charge in [0.2, 0.25) is 0 Å². The number of allylic oxidation sites excluding steroid dienone is 1. The van der Waals surface area contributed by atoms with Crippen LogP contribution in [0.1, 0.15) is 12.5 Å². The lowest BCUT2D eigenvalue weighted by molar-refractivity contribution is 1.47. The highest BCUT2D eigenvalue weighted by Crippen LogP contribution is 2.20. The monoisotopic (exact) mass is 147 g/mol. The maximum Gasteiger partial charge on any atom is 0.0413 e. The van der Waals surface area contributed by atoms with Crippen molar-refractivity contribution in [3.05, 3.63) is 36.4 Å². The molecule has 1 heteroatoms. The third-order valence-electron chi connectivity index (χ3n) is 1.66. The van der Waals surface area contributed by atoms with Crippen molar-refractivity contribution in [1.29, 1.82) is 0 Å². The first-order valence-electron chi connectivity index (χ1n) is 3.68. The summed E-state index contributed by atoms with van der Waals surface area (Å²) in [7, 11) is 1.92. The first kappa shape index (κ1) is 7.86. The number of nitrogens with one attached hydrogen (secondary N) is 1. The zero-order valence-electron chi connectivity index (χ0n) is 7.02. The topological polar surface area (TPSA) is 12.0 Å². The van der Waals surface area contributed by atoms with E-state index in [1.54, 1.807) is 0 Å². The molecule has 0 aliphatic heterocycles. The highest BCUT2D eigenvalue weighted by molar-refractivity contribution is 5.73. The fourth-order valence-corrected chi connectivity index (χ4v) is 1.07. The number of para-hydroxylation sites is 1. The Morgan fingerprint density at radius 2 is 2.00 bits per heavy atom. The summed E-state index contributed by atoms with van der Waals surface area (Å²) < 4.78 is 0. The fraction of sp³-hybridized carbons (Fsp3) is 0.200. The second-order valence-electron chi connectivity index (χ2n) is 2.58. The van der Waals surface area contributed by atoms with Crippen LogP contribution in [0.25, 0.3) is 5.57 Å². The number of rotatable bonds is 2. The van der Waals surface area contributed by atoms with E-state index in [9.17, 15) is 0 Å². The van der Waals surface area contributed by atoms with Gasteiger partial charge in [-0.25, -0.2) is 0 Å². The molecule has 11 heavy (non-hydrogen) atoms. The molecule has 0 fully saturated rings. The second-order valence-corrected chi connectivity index (χ2v) is 2.58. The molecular formula is C10H13N. The Balaban J connectivity index is 3.12. The van der Waals surface area contributed by atoms with Gasteiger partial charge in [-0.1, -0.05) is 24.8 Å². The van der Waals surface area contributed by atoms with E-state index < -0.39 is 0 Å². The average Bonchev–Trinajstić information content (AvgIpc) is 2.04. The van der Waals surface area contributed by atoms with Crippen LogP contribution in [0.4, 0.5) is 5.69 Å². The Bertz CT molecular complexity index is 263. The Labute approximate surface area is 67.8 Å². The van der Waals surface area contributed by atoms with E-state index in [0.29, 0.717) is 0 Å². The van der Waals surface area contributed by atoms with Crippen LogP contribution in [0, 0.1) is 0 Å². The molecular weight excluding hydrogens is 134 g/mol. The lowest BCUT2D eigenvalue weighted by atomic mass is 10.1. The summed E-state index contributed by atoms with van der Waals surface area (Å²) in [5.74, 6) is 0. The third kappa shape index (κ3) is 1.61. The molecule has 0 saturated heterocycles. The van der Waals surface area contributed by atoms with E-state index in [4.69, 9.17) is 0 Å². The summed E-state index contributed by atoms with van der Waals surface area (Å²) in [6.07, 6.45) is 0. The summed E-state index contributed by atoms with van der Waals surface area (Å²) in [6, 6.07) is 8.14. The molecule has 0 aliphatic rings. The average molecular weight is 147 g/mol. The number of hydrogen-bond donors (Lipinski definition) is 1. The molecule has 1 aromatic carbocycles. The minimum absolute atomic E-state index is 1.09. The van der Waals surface area contributed by atoms with Crippen molar-refractivity contribution in [3.63, 3.8) is 0 Å². The fourth-order valence-electron chi connectivity index (χ4n) is 1.07. The number of anilines is 1. The van der Waals surface area contributed by atoms with Crippen LogP contribution < -0.4 is 5.32 Å². The highest BCUT2D eigenvalue weighted by atomic mass is 14.8. The molecule has 1 aromatic rings. The van der Waals surface area contributed by atoms with Gasteiger partial charge in [-0.3, -0.25) is 0 Å². The van der Waals surface area contributed by atoms with Gasteiger partial charge in [-0.05, 0) is 24.1 Å². The highest BCUT2D eigenvalue weighted by Gasteiger charge is 1.97. The largest absolute Gasteiger partial charge is 0.388 e. The smallest absolute Gasteiger partial charge is 0.0413 e. The predicted molar refractivity (Wildman–Crippen MR) is 50.7 cm³/mol. The van der Waals surface area contributed by atoms with Crippen molar-refractivity contribution in [3.8, 4) is 0 Å². The van der Waals surface area contributed by atoms with Gasteiger partial charge in [0, 0.05) is 12.7 Å². The normalized spacial score (nSPS) is 9.27. The van der Waals surface area contributed by atoms with E-state index in [1.807, 2.05) is 32.2 Å². The Morgan fingerprint density at radius 3 is 2.45 bits per heavy atom. The predicted octanol–water partition coefficient (Wildman–Crippen LogP) is 2.76. The van der Waals surface area contributed by atoms with Crippen molar-refractivity contribution in [2.45, 2.75) is 6.92 Å². The zero-order chi connectivity index (χ0) is 8.27. The Hall–Kier alpha value is -1.24. The van der Waals surface area contributed by atoms with Gasteiger partial charge in [0.05, 0.1) is 0 Å². The SMILES string of the molecule is C=C(C)c1ccccc1NC. The van der Waals surface area contributed by atoms with Crippen molar-refractivity contribution >= 4 is 11.3 Å². The molecule has 58 valence electrons. The molecule has 0 amide bonds. The Morgan fingerprint density at radius 1 is 1.36 bits per heavy atom. The van der Waals surface area contributed by atoms with Gasteiger partial charge in [0.15, 0.2) is 0 Å². The van der Waals surface area contributed by atoms with Gasteiger partial charge in [0.1, 0.15) is 0 Å². The molecule has 1 nitrogen and oxygen atoms in total. The van der Waals surface area contributed by atoms with Crippen molar-refractivity contribution in [2.24, 2.45) is 0 Å². The number of hydrogen-bond acceptors (Lipinski definition) is 1. The maximum absolute atomic E-state index is 3.89. The van der Waals surface area contributed by atoms with Gasteiger partial charge >= 0.3 is 0 Å². The second kappa shape index (κ2) is 3.24. The zero-order valence-corrected chi connectivity index (χ0v) is 7.02. The van der Waals surface area contributed by atoms with Crippen LogP contribution in [0.15, 0.2) is 30.8 Å². The van der Waals surface area contributed by atoms with Gasteiger partial charge in [-0.15, -0.1) is 0 Å². The Kier molecular flexibility index (Phi) is 2.32.